The van der Waals surface area contributed by atoms with Gasteiger partial charge in [-0.15, -0.1) is 10.2 Å². The predicted octanol–water partition coefficient (Wildman–Crippen LogP) is 2.39. The van der Waals surface area contributed by atoms with Crippen LogP contribution in [0.2, 0.25) is 0 Å². The van der Waals surface area contributed by atoms with Crippen molar-refractivity contribution in [2.24, 2.45) is 0 Å². The molecule has 1 aromatic carbocycles. The summed E-state index contributed by atoms with van der Waals surface area (Å²) in [5, 5.41) is 10.7. The first-order valence-electron chi connectivity index (χ1n) is 6.08. The molecule has 0 aliphatic carbocycles. The van der Waals surface area contributed by atoms with Crippen LogP contribution in [-0.4, -0.2) is 23.2 Å². The monoisotopic (exact) mass is 259 g/mol. The van der Waals surface area contributed by atoms with Gasteiger partial charge in [-0.1, -0.05) is 26.8 Å². The Kier molecular flexibility index (Phi) is 3.38. The summed E-state index contributed by atoms with van der Waals surface area (Å²) in [7, 11) is 1.60. The summed E-state index contributed by atoms with van der Waals surface area (Å²) in [5.74, 6) is 0.862. The molecule has 19 heavy (non-hydrogen) atoms. The van der Waals surface area contributed by atoms with Gasteiger partial charge in [-0.05, 0) is 18.2 Å². The van der Waals surface area contributed by atoms with E-state index in [-0.39, 0.29) is 11.3 Å². The second kappa shape index (κ2) is 4.84. The van der Waals surface area contributed by atoms with Crippen LogP contribution in [0, 0.1) is 0 Å². The minimum Gasteiger partial charge on any atom is -0.420 e. The second-order valence-corrected chi connectivity index (χ2v) is 5.32. The fourth-order valence-corrected chi connectivity index (χ4v) is 1.58. The molecule has 0 spiro atoms. The third kappa shape index (κ3) is 2.81. The summed E-state index contributed by atoms with van der Waals surface area (Å²) in [6, 6.07) is 7.11. The van der Waals surface area contributed by atoms with Gasteiger partial charge < -0.3 is 9.73 Å². The van der Waals surface area contributed by atoms with E-state index < -0.39 is 0 Å². The van der Waals surface area contributed by atoms with E-state index in [1.807, 2.05) is 26.8 Å². The average molecular weight is 259 g/mol. The van der Waals surface area contributed by atoms with E-state index in [0.29, 0.717) is 17.3 Å². The van der Waals surface area contributed by atoms with E-state index in [9.17, 15) is 4.79 Å². The van der Waals surface area contributed by atoms with Crippen LogP contribution >= 0.6 is 0 Å². The van der Waals surface area contributed by atoms with Crippen molar-refractivity contribution < 1.29 is 9.21 Å². The lowest BCUT2D eigenvalue weighted by Crippen LogP contribution is -2.17. The van der Waals surface area contributed by atoms with Crippen LogP contribution in [-0.2, 0) is 5.41 Å². The molecule has 1 aromatic heterocycles. The lowest BCUT2D eigenvalue weighted by Gasteiger charge is -2.10. The van der Waals surface area contributed by atoms with Crippen molar-refractivity contribution in [3.05, 3.63) is 35.7 Å². The van der Waals surface area contributed by atoms with Crippen molar-refractivity contribution in [3.8, 4) is 11.5 Å². The fourth-order valence-electron chi connectivity index (χ4n) is 1.58. The molecule has 0 aliphatic rings. The highest BCUT2D eigenvalue weighted by Gasteiger charge is 2.22. The van der Waals surface area contributed by atoms with E-state index in [0.717, 1.165) is 5.56 Å². The topological polar surface area (TPSA) is 68.0 Å². The molecule has 1 amide bonds. The summed E-state index contributed by atoms with van der Waals surface area (Å²) in [5.41, 5.74) is 1.11. The molecule has 1 N–H and O–H groups in total. The SMILES string of the molecule is CNC(=O)c1cccc(-c2nnc(C(C)(C)C)o2)c1. The lowest BCUT2D eigenvalue weighted by atomic mass is 9.97. The van der Waals surface area contributed by atoms with Crippen molar-refractivity contribution in [1.82, 2.24) is 15.5 Å². The number of aromatic nitrogens is 2. The maximum atomic E-state index is 11.6. The minimum atomic E-state index is -0.191. The van der Waals surface area contributed by atoms with E-state index in [1.165, 1.54) is 0 Å². The van der Waals surface area contributed by atoms with Crippen molar-refractivity contribution in [1.29, 1.82) is 0 Å². The molecule has 0 saturated heterocycles. The highest BCUT2D eigenvalue weighted by Crippen LogP contribution is 2.25. The lowest BCUT2D eigenvalue weighted by molar-refractivity contribution is 0.0963. The summed E-state index contributed by atoms with van der Waals surface area (Å²) < 4.78 is 5.65. The molecule has 0 unspecified atom stereocenters. The Morgan fingerprint density at radius 2 is 2.00 bits per heavy atom. The smallest absolute Gasteiger partial charge is 0.251 e. The normalized spacial score (nSPS) is 11.4. The first-order valence-corrected chi connectivity index (χ1v) is 6.08. The van der Waals surface area contributed by atoms with Gasteiger partial charge >= 0.3 is 0 Å². The average Bonchev–Trinajstić information content (AvgIpc) is 2.87. The Morgan fingerprint density at radius 3 is 2.58 bits per heavy atom. The number of benzene rings is 1. The van der Waals surface area contributed by atoms with Crippen molar-refractivity contribution in [2.75, 3.05) is 7.05 Å². The standard InChI is InChI=1S/C14H17N3O2/c1-14(2,3)13-17-16-12(19-13)10-7-5-6-9(8-10)11(18)15-4/h5-8H,1-4H3,(H,15,18). The number of hydrogen-bond donors (Lipinski definition) is 1. The van der Waals surface area contributed by atoms with Gasteiger partial charge in [-0.2, -0.15) is 0 Å². The molecular weight excluding hydrogens is 242 g/mol. The highest BCUT2D eigenvalue weighted by molar-refractivity contribution is 5.94. The number of carbonyl (C=O) groups excluding carboxylic acids is 1. The number of hydrogen-bond acceptors (Lipinski definition) is 4. The van der Waals surface area contributed by atoms with Gasteiger partial charge in [0.2, 0.25) is 11.8 Å². The van der Waals surface area contributed by atoms with Crippen molar-refractivity contribution >= 4 is 5.91 Å². The van der Waals surface area contributed by atoms with Crippen molar-refractivity contribution in [2.45, 2.75) is 26.2 Å². The zero-order chi connectivity index (χ0) is 14.0. The minimum absolute atomic E-state index is 0.141. The Balaban J connectivity index is 2.37. The van der Waals surface area contributed by atoms with Gasteiger partial charge in [-0.25, -0.2) is 0 Å². The zero-order valence-corrected chi connectivity index (χ0v) is 11.5. The summed E-state index contributed by atoms with van der Waals surface area (Å²) in [6.07, 6.45) is 0. The Hall–Kier alpha value is -2.17. The second-order valence-electron chi connectivity index (χ2n) is 5.32. The van der Waals surface area contributed by atoms with E-state index >= 15 is 0 Å². The van der Waals surface area contributed by atoms with Crippen LogP contribution in [0.4, 0.5) is 0 Å². The van der Waals surface area contributed by atoms with Gasteiger partial charge in [0.1, 0.15) is 0 Å². The summed E-state index contributed by atoms with van der Waals surface area (Å²) >= 11 is 0. The Labute approximate surface area is 112 Å². The first-order chi connectivity index (χ1) is 8.91. The Morgan fingerprint density at radius 1 is 1.26 bits per heavy atom. The molecule has 5 nitrogen and oxygen atoms in total. The first kappa shape index (κ1) is 13.3. The molecule has 0 aliphatic heterocycles. The third-order valence-electron chi connectivity index (χ3n) is 2.67. The molecule has 0 saturated carbocycles. The van der Waals surface area contributed by atoms with Crippen LogP contribution in [0.25, 0.3) is 11.5 Å². The molecule has 2 rings (SSSR count). The van der Waals surface area contributed by atoms with Crippen LogP contribution < -0.4 is 5.32 Å². The van der Waals surface area contributed by atoms with Crippen LogP contribution in [0.1, 0.15) is 37.0 Å². The third-order valence-corrected chi connectivity index (χ3v) is 2.67. The molecule has 1 heterocycles. The maximum absolute atomic E-state index is 11.6. The molecule has 100 valence electrons. The Bertz CT molecular complexity index is 597. The zero-order valence-electron chi connectivity index (χ0n) is 11.5. The molecular formula is C14H17N3O2. The van der Waals surface area contributed by atoms with Gasteiger partial charge in [0.05, 0.1) is 0 Å². The van der Waals surface area contributed by atoms with E-state index in [1.54, 1.807) is 25.2 Å². The molecule has 0 fully saturated rings. The maximum Gasteiger partial charge on any atom is 0.251 e. The number of amides is 1. The van der Waals surface area contributed by atoms with Crippen LogP contribution in [0.3, 0.4) is 0 Å². The molecule has 0 radical (unpaired) electrons. The van der Waals surface area contributed by atoms with Gasteiger partial charge in [0.15, 0.2) is 0 Å². The fraction of sp³-hybridized carbons (Fsp3) is 0.357. The van der Waals surface area contributed by atoms with Gasteiger partial charge in [0.25, 0.3) is 5.91 Å². The summed E-state index contributed by atoms with van der Waals surface area (Å²) in [4.78, 5) is 11.6. The van der Waals surface area contributed by atoms with Crippen LogP contribution in [0.15, 0.2) is 28.7 Å². The predicted molar refractivity (Wildman–Crippen MR) is 71.8 cm³/mol. The number of rotatable bonds is 2. The van der Waals surface area contributed by atoms with Gasteiger partial charge in [0, 0.05) is 23.6 Å². The number of carbonyl (C=O) groups is 1. The molecule has 2 aromatic rings. The highest BCUT2D eigenvalue weighted by atomic mass is 16.4. The molecule has 5 heteroatoms. The number of nitrogens with zero attached hydrogens (tertiary/aromatic N) is 2. The van der Waals surface area contributed by atoms with E-state index in [2.05, 4.69) is 15.5 Å². The van der Waals surface area contributed by atoms with Crippen molar-refractivity contribution in [3.63, 3.8) is 0 Å². The van der Waals surface area contributed by atoms with E-state index in [4.69, 9.17) is 4.42 Å². The number of nitrogens with one attached hydrogen (secondary N) is 1. The summed E-state index contributed by atoms with van der Waals surface area (Å²) in [6.45, 7) is 6.02. The van der Waals surface area contributed by atoms with Gasteiger partial charge in [-0.3, -0.25) is 4.79 Å². The molecule has 0 bridgehead atoms. The quantitative estimate of drug-likeness (QED) is 0.899. The van der Waals surface area contributed by atoms with Crippen LogP contribution in [0.5, 0.6) is 0 Å². The molecule has 0 atom stereocenters. The largest absolute Gasteiger partial charge is 0.420 e.